The zero-order chi connectivity index (χ0) is 12.6. The lowest BCUT2D eigenvalue weighted by atomic mass is 9.97. The van der Waals surface area contributed by atoms with Crippen LogP contribution in [0.3, 0.4) is 0 Å². The zero-order valence-electron chi connectivity index (χ0n) is 9.95. The molecule has 0 radical (unpaired) electrons. The second-order valence-corrected chi connectivity index (χ2v) is 4.53. The summed E-state index contributed by atoms with van der Waals surface area (Å²) >= 11 is 2.01. The van der Waals surface area contributed by atoms with Crippen LogP contribution in [0, 0.1) is 18.3 Å². The maximum atomic E-state index is 9.05. The highest BCUT2D eigenvalue weighted by atomic mass is 127. The van der Waals surface area contributed by atoms with Gasteiger partial charge in [0.15, 0.2) is 5.60 Å². The van der Waals surface area contributed by atoms with E-state index in [2.05, 4.69) is 6.07 Å². The molecule has 0 saturated heterocycles. The van der Waals surface area contributed by atoms with Gasteiger partial charge in [0.1, 0.15) is 6.07 Å². The Morgan fingerprint density at radius 2 is 1.81 bits per heavy atom. The highest BCUT2D eigenvalue weighted by Gasteiger charge is 2.27. The Bertz CT molecular complexity index is 347. The van der Waals surface area contributed by atoms with Crippen LogP contribution in [0.15, 0.2) is 24.3 Å². The molecule has 16 heavy (non-hydrogen) atoms. The van der Waals surface area contributed by atoms with Crippen LogP contribution in [0.5, 0.6) is 0 Å². The third-order valence-electron chi connectivity index (χ3n) is 2.01. The van der Waals surface area contributed by atoms with Crippen molar-refractivity contribution < 1.29 is 4.18 Å². The predicted molar refractivity (Wildman–Crippen MR) is 78.2 cm³/mol. The molecule has 1 unspecified atom stereocenters. The van der Waals surface area contributed by atoms with Crippen molar-refractivity contribution in [3.8, 4) is 6.07 Å². The summed E-state index contributed by atoms with van der Waals surface area (Å²) < 4.78 is 5.35. The highest BCUT2D eigenvalue weighted by molar-refractivity contribution is 14.2. The van der Waals surface area contributed by atoms with Crippen LogP contribution in [0.4, 0.5) is 0 Å². The van der Waals surface area contributed by atoms with Crippen LogP contribution in [-0.4, -0.2) is 0 Å². The van der Waals surface area contributed by atoms with E-state index in [0.29, 0.717) is 0 Å². The maximum Gasteiger partial charge on any atom is 0.191 e. The van der Waals surface area contributed by atoms with Gasteiger partial charge in [-0.15, -0.1) is 0 Å². The largest absolute Gasteiger partial charge is 0.279 e. The van der Waals surface area contributed by atoms with Gasteiger partial charge in [-0.2, -0.15) is 5.26 Å². The molecule has 0 aliphatic rings. The topological polar surface area (TPSA) is 33.0 Å². The van der Waals surface area contributed by atoms with E-state index in [1.54, 1.807) is 6.92 Å². The Balaban J connectivity index is 0.00000106. The molecule has 4 heteroatoms. The molecule has 0 N–H and O–H groups in total. The third kappa shape index (κ3) is 4.32. The van der Waals surface area contributed by atoms with Gasteiger partial charge in [-0.3, -0.25) is 4.18 Å². The van der Waals surface area contributed by atoms with Crippen LogP contribution in [0.2, 0.25) is 0 Å². The summed E-state index contributed by atoms with van der Waals surface area (Å²) in [6.45, 7) is 7.78. The minimum Gasteiger partial charge on any atom is -0.279 e. The molecule has 0 fully saturated rings. The zero-order valence-corrected chi connectivity index (χ0v) is 12.9. The number of nitriles is 1. The lowest BCUT2D eigenvalue weighted by molar-refractivity contribution is 0.191. The van der Waals surface area contributed by atoms with Crippen molar-refractivity contribution in [3.05, 3.63) is 35.4 Å². The van der Waals surface area contributed by atoms with Gasteiger partial charge in [0, 0.05) is 21.2 Å². The molecule has 1 atom stereocenters. The van der Waals surface area contributed by atoms with E-state index in [0.717, 1.165) is 5.56 Å². The molecule has 1 aromatic carbocycles. The molecule has 0 bridgehead atoms. The van der Waals surface area contributed by atoms with Crippen molar-refractivity contribution in [1.82, 2.24) is 0 Å². The molecule has 0 aromatic heterocycles. The highest BCUT2D eigenvalue weighted by Crippen LogP contribution is 2.32. The normalized spacial score (nSPS) is 13.0. The number of hydrogen-bond donors (Lipinski definition) is 0. The first-order valence-electron chi connectivity index (χ1n) is 5.07. The molecule has 1 rings (SSSR count). The van der Waals surface area contributed by atoms with Crippen molar-refractivity contribution >= 4 is 30.4 Å². The van der Waals surface area contributed by atoms with Crippen molar-refractivity contribution in [2.45, 2.75) is 33.3 Å². The van der Waals surface area contributed by atoms with Crippen molar-refractivity contribution in [2.24, 2.45) is 0 Å². The summed E-state index contributed by atoms with van der Waals surface area (Å²) in [4.78, 5) is 0. The molecule has 88 valence electrons. The van der Waals surface area contributed by atoms with Crippen LogP contribution in [-0.2, 0) is 9.78 Å². The van der Waals surface area contributed by atoms with E-state index in [-0.39, 0.29) is 0 Å². The first kappa shape index (κ1) is 15.8. The number of hydrogen-bond acceptors (Lipinski definition) is 3. The Hall–Kier alpha value is -0.250. The maximum absolute atomic E-state index is 9.05. The van der Waals surface area contributed by atoms with E-state index in [4.69, 9.17) is 9.44 Å². The number of halogens is 1. The van der Waals surface area contributed by atoms with E-state index in [1.165, 1.54) is 14.8 Å². The average Bonchev–Trinajstić information content (AvgIpc) is 2.32. The molecule has 0 heterocycles. The summed E-state index contributed by atoms with van der Waals surface area (Å²) in [5.41, 5.74) is 1.20. The summed E-state index contributed by atoms with van der Waals surface area (Å²) in [6, 6.07) is 9.97. The quantitative estimate of drug-likeness (QED) is 0.582. The Morgan fingerprint density at radius 3 is 2.19 bits per heavy atom. The molecule has 0 amide bonds. The second kappa shape index (κ2) is 7.93. The summed E-state index contributed by atoms with van der Waals surface area (Å²) in [5.74, 6) is 0. The second-order valence-electron chi connectivity index (χ2n) is 3.16. The summed E-state index contributed by atoms with van der Waals surface area (Å²) in [5, 5.41) is 9.05. The van der Waals surface area contributed by atoms with Gasteiger partial charge in [-0.05, 0) is 19.4 Å². The van der Waals surface area contributed by atoms with E-state index >= 15 is 0 Å². The summed E-state index contributed by atoms with van der Waals surface area (Å²) in [7, 11) is 1.18. The van der Waals surface area contributed by atoms with Gasteiger partial charge >= 0.3 is 0 Å². The van der Waals surface area contributed by atoms with Gasteiger partial charge in [0.25, 0.3) is 0 Å². The first-order chi connectivity index (χ1) is 7.62. The number of rotatable bonds is 3. The average molecular weight is 349 g/mol. The molecular weight excluding hydrogens is 333 g/mol. The van der Waals surface area contributed by atoms with E-state index < -0.39 is 5.60 Å². The first-order valence-corrected chi connectivity index (χ1v) is 8.35. The molecular formula is C12H16INOS. The fourth-order valence-corrected chi connectivity index (χ4v) is 2.40. The van der Waals surface area contributed by atoms with Crippen LogP contribution < -0.4 is 0 Å². The molecule has 0 saturated carbocycles. The fraction of sp³-hybridized carbons (Fsp3) is 0.417. The Kier molecular flexibility index (Phi) is 7.81. The van der Waals surface area contributed by atoms with Crippen molar-refractivity contribution in [1.29, 1.82) is 5.26 Å². The predicted octanol–water partition coefficient (Wildman–Crippen LogP) is 4.77. The summed E-state index contributed by atoms with van der Waals surface area (Å²) in [6.07, 6.45) is 0. The smallest absolute Gasteiger partial charge is 0.191 e. The van der Waals surface area contributed by atoms with Gasteiger partial charge in [-0.25, -0.2) is 0 Å². The monoisotopic (exact) mass is 349 g/mol. The van der Waals surface area contributed by atoms with E-state index in [9.17, 15) is 0 Å². The third-order valence-corrected chi connectivity index (χ3v) is 2.95. The lowest BCUT2D eigenvalue weighted by Crippen LogP contribution is -2.20. The molecule has 1 aromatic rings. The van der Waals surface area contributed by atoms with Gasteiger partial charge in [-0.1, -0.05) is 43.7 Å². The Labute approximate surface area is 114 Å². The van der Waals surface area contributed by atoms with Crippen LogP contribution in [0.1, 0.15) is 31.9 Å². The van der Waals surface area contributed by atoms with E-state index in [1.807, 2.05) is 66.2 Å². The van der Waals surface area contributed by atoms with Gasteiger partial charge in [0.05, 0.1) is 9.21 Å². The number of nitrogens with zero attached hydrogens (tertiary/aromatic N) is 1. The van der Waals surface area contributed by atoms with Crippen LogP contribution >= 0.6 is 30.4 Å². The Morgan fingerprint density at radius 1 is 1.31 bits per heavy atom. The number of benzene rings is 1. The SMILES string of the molecule is CC.Cc1ccc(C(C)(C#N)OSI)cc1. The lowest BCUT2D eigenvalue weighted by Gasteiger charge is -2.19. The molecule has 0 aliphatic heterocycles. The van der Waals surface area contributed by atoms with Crippen LogP contribution in [0.25, 0.3) is 0 Å². The number of aryl methyl sites for hydroxylation is 1. The molecule has 0 aliphatic carbocycles. The van der Waals surface area contributed by atoms with Crippen molar-refractivity contribution in [3.63, 3.8) is 0 Å². The fourth-order valence-electron chi connectivity index (χ4n) is 1.07. The standard InChI is InChI=1S/C10H10INOS.C2H6/c1-8-3-5-9(6-4-8)10(2,7-12)13-14-11;1-2/h3-6H,1-2H3;1-2H3. The minimum absolute atomic E-state index is 0.862. The van der Waals surface area contributed by atoms with Crippen molar-refractivity contribution in [2.75, 3.05) is 0 Å². The minimum atomic E-state index is -0.862. The molecule has 2 nitrogen and oxygen atoms in total. The van der Waals surface area contributed by atoms with Gasteiger partial charge < -0.3 is 0 Å². The van der Waals surface area contributed by atoms with Gasteiger partial charge in [0.2, 0.25) is 0 Å². The molecule has 0 spiro atoms.